The fourth-order valence-electron chi connectivity index (χ4n) is 4.82. The minimum atomic E-state index is 0. The van der Waals surface area contributed by atoms with E-state index in [1.54, 1.807) is 0 Å². The SMILES string of the molecule is CN=C(NCc1ccnc(OC2CCCC2)c1)NCC1CCCN(C)C1c1cccs1.I. The molecule has 0 radical (unpaired) electrons. The smallest absolute Gasteiger partial charge is 0.213 e. The maximum Gasteiger partial charge on any atom is 0.213 e. The topological polar surface area (TPSA) is 61.8 Å². The fraction of sp³-hybridized carbons (Fsp3) is 0.583. The standard InChI is InChI=1S/C24H35N5OS.HI/c1-25-24(27-16-18-11-12-26-22(15-18)30-20-8-3-4-9-20)28-17-19-7-5-13-29(2)23(19)21-10-6-14-31-21;/h6,10-12,14-15,19-20,23H,3-5,7-9,13,16-17H2,1-2H3,(H2,25,27,28);1H. The first-order chi connectivity index (χ1) is 15.2. The van der Waals surface area contributed by atoms with Gasteiger partial charge in [-0.15, -0.1) is 35.3 Å². The van der Waals surface area contributed by atoms with E-state index in [9.17, 15) is 0 Å². The van der Waals surface area contributed by atoms with Crippen molar-refractivity contribution in [2.45, 2.75) is 57.2 Å². The molecule has 1 saturated carbocycles. The van der Waals surface area contributed by atoms with Gasteiger partial charge in [0.1, 0.15) is 6.10 Å². The van der Waals surface area contributed by atoms with Gasteiger partial charge >= 0.3 is 0 Å². The summed E-state index contributed by atoms with van der Waals surface area (Å²) in [6.07, 6.45) is 9.46. The third kappa shape index (κ3) is 6.81. The van der Waals surface area contributed by atoms with Gasteiger partial charge in [0.25, 0.3) is 0 Å². The number of aliphatic imine (C=N–C) groups is 1. The van der Waals surface area contributed by atoms with E-state index in [1.807, 2.05) is 36.7 Å². The van der Waals surface area contributed by atoms with Gasteiger partial charge in [0.2, 0.25) is 5.88 Å². The summed E-state index contributed by atoms with van der Waals surface area (Å²) in [6.45, 7) is 2.78. The minimum Gasteiger partial charge on any atom is -0.474 e. The number of nitrogens with zero attached hydrogens (tertiary/aromatic N) is 3. The monoisotopic (exact) mass is 569 g/mol. The van der Waals surface area contributed by atoms with E-state index in [-0.39, 0.29) is 24.0 Å². The average molecular weight is 570 g/mol. The van der Waals surface area contributed by atoms with Crippen molar-refractivity contribution in [2.24, 2.45) is 10.9 Å². The van der Waals surface area contributed by atoms with Crippen molar-refractivity contribution in [1.29, 1.82) is 0 Å². The van der Waals surface area contributed by atoms with Crippen LogP contribution in [0.3, 0.4) is 0 Å². The molecule has 2 atom stereocenters. The number of thiophene rings is 1. The van der Waals surface area contributed by atoms with Crippen LogP contribution < -0.4 is 15.4 Å². The van der Waals surface area contributed by atoms with Crippen molar-refractivity contribution in [3.8, 4) is 5.88 Å². The lowest BCUT2D eigenvalue weighted by Gasteiger charge is -2.39. The Bertz CT molecular complexity index is 841. The van der Waals surface area contributed by atoms with Crippen LogP contribution in [0.15, 0.2) is 40.8 Å². The number of likely N-dealkylation sites (tertiary alicyclic amines) is 1. The summed E-state index contributed by atoms with van der Waals surface area (Å²) < 4.78 is 6.04. The van der Waals surface area contributed by atoms with E-state index in [0.717, 1.165) is 36.8 Å². The molecule has 2 aromatic rings. The van der Waals surface area contributed by atoms with Crippen molar-refractivity contribution in [1.82, 2.24) is 20.5 Å². The summed E-state index contributed by atoms with van der Waals surface area (Å²) >= 11 is 1.86. The number of piperidine rings is 1. The molecule has 1 aliphatic heterocycles. The van der Waals surface area contributed by atoms with Crippen LogP contribution in [0.4, 0.5) is 0 Å². The number of halogens is 1. The quantitative estimate of drug-likeness (QED) is 0.284. The molecule has 0 amide bonds. The summed E-state index contributed by atoms with van der Waals surface area (Å²) in [7, 11) is 4.08. The number of pyridine rings is 1. The van der Waals surface area contributed by atoms with Crippen molar-refractivity contribution in [3.05, 3.63) is 46.3 Å². The van der Waals surface area contributed by atoms with Gasteiger partial charge in [-0.05, 0) is 81.1 Å². The molecule has 0 spiro atoms. The van der Waals surface area contributed by atoms with E-state index in [4.69, 9.17) is 4.74 Å². The zero-order valence-electron chi connectivity index (χ0n) is 19.1. The highest BCUT2D eigenvalue weighted by Crippen LogP contribution is 2.36. The first-order valence-corrected chi connectivity index (χ1v) is 12.4. The molecular weight excluding hydrogens is 533 g/mol. The second-order valence-corrected chi connectivity index (χ2v) is 9.66. The van der Waals surface area contributed by atoms with Gasteiger partial charge in [-0.25, -0.2) is 4.98 Å². The number of nitrogens with one attached hydrogen (secondary N) is 2. The maximum absolute atomic E-state index is 6.04. The third-order valence-corrected chi connectivity index (χ3v) is 7.39. The lowest BCUT2D eigenvalue weighted by Crippen LogP contribution is -2.44. The first kappa shape index (κ1) is 25.2. The molecule has 2 fully saturated rings. The lowest BCUT2D eigenvalue weighted by atomic mass is 9.88. The molecule has 1 saturated heterocycles. The molecule has 4 rings (SSSR count). The van der Waals surface area contributed by atoms with Crippen LogP contribution in [0.5, 0.6) is 5.88 Å². The van der Waals surface area contributed by atoms with Gasteiger partial charge in [0.15, 0.2) is 5.96 Å². The number of aromatic nitrogens is 1. The predicted molar refractivity (Wildman–Crippen MR) is 143 cm³/mol. The molecule has 3 heterocycles. The fourth-order valence-corrected chi connectivity index (χ4v) is 5.80. The minimum absolute atomic E-state index is 0. The number of hydrogen-bond acceptors (Lipinski definition) is 5. The van der Waals surface area contributed by atoms with E-state index >= 15 is 0 Å². The Morgan fingerprint density at radius 1 is 1.22 bits per heavy atom. The zero-order valence-corrected chi connectivity index (χ0v) is 22.3. The molecule has 2 N–H and O–H groups in total. The second kappa shape index (κ2) is 12.7. The van der Waals surface area contributed by atoms with Crippen LogP contribution in [0, 0.1) is 5.92 Å². The summed E-state index contributed by atoms with van der Waals surface area (Å²) in [6, 6.07) is 8.99. The average Bonchev–Trinajstić information content (AvgIpc) is 3.49. The molecule has 0 aromatic carbocycles. The Morgan fingerprint density at radius 3 is 2.81 bits per heavy atom. The van der Waals surface area contributed by atoms with Gasteiger partial charge in [0, 0.05) is 43.3 Å². The Hall–Kier alpha value is -1.39. The van der Waals surface area contributed by atoms with Crippen LogP contribution in [-0.2, 0) is 6.54 Å². The van der Waals surface area contributed by atoms with E-state index in [1.165, 1.54) is 37.1 Å². The van der Waals surface area contributed by atoms with E-state index in [0.29, 0.717) is 24.6 Å². The Balaban J connectivity index is 0.00000289. The summed E-state index contributed by atoms with van der Waals surface area (Å²) in [5.41, 5.74) is 1.15. The molecule has 2 aromatic heterocycles. The van der Waals surface area contributed by atoms with Crippen molar-refractivity contribution in [2.75, 3.05) is 27.2 Å². The van der Waals surface area contributed by atoms with Crippen LogP contribution in [-0.4, -0.2) is 49.1 Å². The van der Waals surface area contributed by atoms with Gasteiger partial charge in [0.05, 0.1) is 0 Å². The van der Waals surface area contributed by atoms with Crippen molar-refractivity contribution < 1.29 is 4.74 Å². The van der Waals surface area contributed by atoms with E-state index in [2.05, 4.69) is 50.1 Å². The molecule has 32 heavy (non-hydrogen) atoms. The largest absolute Gasteiger partial charge is 0.474 e. The molecule has 176 valence electrons. The Morgan fingerprint density at radius 2 is 2.06 bits per heavy atom. The summed E-state index contributed by atoms with van der Waals surface area (Å²) in [5, 5.41) is 9.20. The van der Waals surface area contributed by atoms with Crippen LogP contribution in [0.25, 0.3) is 0 Å². The molecule has 1 aliphatic carbocycles. The molecule has 6 nitrogen and oxygen atoms in total. The Kier molecular flexibility index (Phi) is 10.1. The lowest BCUT2D eigenvalue weighted by molar-refractivity contribution is 0.125. The highest BCUT2D eigenvalue weighted by atomic mass is 127. The van der Waals surface area contributed by atoms with Crippen LogP contribution in [0.2, 0.25) is 0 Å². The summed E-state index contributed by atoms with van der Waals surface area (Å²) in [5.74, 6) is 2.15. The maximum atomic E-state index is 6.04. The van der Waals surface area contributed by atoms with Gasteiger partial charge in [-0.3, -0.25) is 9.89 Å². The first-order valence-electron chi connectivity index (χ1n) is 11.5. The van der Waals surface area contributed by atoms with Crippen LogP contribution >= 0.6 is 35.3 Å². The van der Waals surface area contributed by atoms with Crippen molar-refractivity contribution >= 4 is 41.3 Å². The van der Waals surface area contributed by atoms with Crippen molar-refractivity contribution in [3.63, 3.8) is 0 Å². The van der Waals surface area contributed by atoms with E-state index < -0.39 is 0 Å². The van der Waals surface area contributed by atoms with Crippen LogP contribution in [0.1, 0.15) is 55.0 Å². The molecule has 2 unspecified atom stereocenters. The second-order valence-electron chi connectivity index (χ2n) is 8.68. The third-order valence-electron chi connectivity index (χ3n) is 6.45. The molecular formula is C24H36IN5OS. The summed E-state index contributed by atoms with van der Waals surface area (Å²) in [4.78, 5) is 12.8. The number of hydrogen-bond donors (Lipinski definition) is 2. The normalized spacial score (nSPS) is 22.4. The number of ether oxygens (including phenoxy) is 1. The van der Waals surface area contributed by atoms with Gasteiger partial charge in [-0.2, -0.15) is 0 Å². The van der Waals surface area contributed by atoms with Gasteiger partial charge in [-0.1, -0.05) is 6.07 Å². The molecule has 0 bridgehead atoms. The molecule has 2 aliphatic rings. The highest BCUT2D eigenvalue weighted by Gasteiger charge is 2.31. The highest BCUT2D eigenvalue weighted by molar-refractivity contribution is 14.0. The Labute approximate surface area is 213 Å². The number of rotatable bonds is 7. The zero-order chi connectivity index (χ0) is 21.5. The molecule has 8 heteroatoms. The predicted octanol–water partition coefficient (Wildman–Crippen LogP) is 4.83. The van der Waals surface area contributed by atoms with Gasteiger partial charge < -0.3 is 15.4 Å². The number of guanidine groups is 1.